The topological polar surface area (TPSA) is 72.2 Å². The molecule has 0 aliphatic rings. The number of thioether (sulfide) groups is 1. The van der Waals surface area contributed by atoms with Gasteiger partial charge >= 0.3 is 0 Å². The molecule has 0 bridgehead atoms. The summed E-state index contributed by atoms with van der Waals surface area (Å²) in [5, 5.41) is 0. The van der Waals surface area contributed by atoms with E-state index in [9.17, 15) is 8.42 Å². The molecule has 0 atom stereocenters. The molecule has 0 aliphatic carbocycles. The highest BCUT2D eigenvalue weighted by Crippen LogP contribution is 2.24. The fraction of sp³-hybridized carbons (Fsp3) is 0.500. The molecule has 1 aromatic rings. The molecule has 0 amide bonds. The molecule has 0 radical (unpaired) electrons. The summed E-state index contributed by atoms with van der Waals surface area (Å²) >= 11 is 1.46. The van der Waals surface area contributed by atoms with Crippen LogP contribution in [0.25, 0.3) is 0 Å². The van der Waals surface area contributed by atoms with Gasteiger partial charge in [0.05, 0.1) is 5.75 Å². The first-order chi connectivity index (χ1) is 8.20. The molecule has 0 fully saturated rings. The molecule has 3 N–H and O–H groups in total. The summed E-state index contributed by atoms with van der Waals surface area (Å²) in [6, 6.07) is 7.45. The second kappa shape index (κ2) is 5.95. The highest BCUT2D eigenvalue weighted by atomic mass is 32.2. The third-order valence-electron chi connectivity index (χ3n) is 1.99. The molecule has 0 aromatic heterocycles. The van der Waals surface area contributed by atoms with E-state index in [0.29, 0.717) is 11.4 Å². The number of nitrogens with one attached hydrogen (secondary N) is 1. The van der Waals surface area contributed by atoms with Crippen LogP contribution in [-0.4, -0.2) is 25.5 Å². The highest BCUT2D eigenvalue weighted by Gasteiger charge is 2.19. The van der Waals surface area contributed by atoms with Crippen LogP contribution >= 0.6 is 11.8 Å². The molecule has 0 unspecified atom stereocenters. The average molecular weight is 288 g/mol. The number of hydrogen-bond donors (Lipinski definition) is 2. The van der Waals surface area contributed by atoms with Crippen LogP contribution in [0.4, 0.5) is 5.69 Å². The summed E-state index contributed by atoms with van der Waals surface area (Å²) in [5.41, 5.74) is 6.03. The predicted molar refractivity (Wildman–Crippen MR) is 78.3 cm³/mol. The molecule has 0 saturated heterocycles. The van der Waals surface area contributed by atoms with Crippen molar-refractivity contribution in [2.24, 2.45) is 0 Å². The maximum absolute atomic E-state index is 11.8. The van der Waals surface area contributed by atoms with Crippen LogP contribution in [0.1, 0.15) is 20.8 Å². The summed E-state index contributed by atoms with van der Waals surface area (Å²) < 4.78 is 26.2. The molecule has 6 heteroatoms. The summed E-state index contributed by atoms with van der Waals surface area (Å²) in [6.07, 6.45) is 0. The lowest BCUT2D eigenvalue weighted by molar-refractivity contribution is 0.492. The quantitative estimate of drug-likeness (QED) is 0.643. The lowest BCUT2D eigenvalue weighted by Gasteiger charge is -2.20. The molecular formula is C12H20N2O2S2. The van der Waals surface area contributed by atoms with Crippen molar-refractivity contribution in [1.29, 1.82) is 0 Å². The van der Waals surface area contributed by atoms with E-state index in [0.717, 1.165) is 4.90 Å². The maximum atomic E-state index is 11.8. The number of nitrogens with two attached hydrogens (primary N) is 1. The molecule has 18 heavy (non-hydrogen) atoms. The number of nitrogen functional groups attached to an aromatic ring is 1. The minimum absolute atomic E-state index is 0.0866. The van der Waals surface area contributed by atoms with Gasteiger partial charge in [-0.05, 0) is 32.9 Å². The van der Waals surface area contributed by atoms with E-state index in [4.69, 9.17) is 5.73 Å². The van der Waals surface area contributed by atoms with Crippen molar-refractivity contribution in [3.63, 3.8) is 0 Å². The Morgan fingerprint density at radius 3 is 2.44 bits per heavy atom. The third-order valence-corrected chi connectivity index (χ3v) is 5.00. The van der Waals surface area contributed by atoms with Gasteiger partial charge in [0, 0.05) is 21.9 Å². The first-order valence-electron chi connectivity index (χ1n) is 5.68. The molecular weight excluding hydrogens is 268 g/mol. The van der Waals surface area contributed by atoms with Gasteiger partial charge in [0.15, 0.2) is 0 Å². The summed E-state index contributed by atoms with van der Waals surface area (Å²) in [5.74, 6) is 0.572. The number of anilines is 1. The Hall–Kier alpha value is -0.720. The van der Waals surface area contributed by atoms with Gasteiger partial charge in [0.1, 0.15) is 0 Å². The van der Waals surface area contributed by atoms with Crippen LogP contribution in [0.15, 0.2) is 29.2 Å². The number of rotatable bonds is 5. The molecule has 0 aliphatic heterocycles. The first-order valence-corrected chi connectivity index (χ1v) is 8.32. The standard InChI is InChI=1S/C12H20N2O2S2/c1-12(2,3)14-18(15,16)9-8-17-11-7-5-4-6-10(11)13/h4-7,14H,8-9,13H2,1-3H3. The largest absolute Gasteiger partial charge is 0.398 e. The van der Waals surface area contributed by atoms with Crippen LogP contribution in [-0.2, 0) is 10.0 Å². The van der Waals surface area contributed by atoms with Gasteiger partial charge in [0.2, 0.25) is 10.0 Å². The number of hydrogen-bond acceptors (Lipinski definition) is 4. The van der Waals surface area contributed by atoms with E-state index in [2.05, 4.69) is 4.72 Å². The minimum atomic E-state index is -3.23. The van der Waals surface area contributed by atoms with Crippen molar-refractivity contribution in [2.75, 3.05) is 17.2 Å². The van der Waals surface area contributed by atoms with Crippen LogP contribution in [0.3, 0.4) is 0 Å². The Bertz CT molecular complexity index is 493. The summed E-state index contributed by atoms with van der Waals surface area (Å²) in [4.78, 5) is 0.920. The van der Waals surface area contributed by atoms with Crippen molar-refractivity contribution in [3.8, 4) is 0 Å². The van der Waals surface area contributed by atoms with Crippen LogP contribution in [0.2, 0.25) is 0 Å². The highest BCUT2D eigenvalue weighted by molar-refractivity contribution is 8.00. The minimum Gasteiger partial charge on any atom is -0.398 e. The SMILES string of the molecule is CC(C)(C)NS(=O)(=O)CCSc1ccccc1N. The average Bonchev–Trinajstić information content (AvgIpc) is 2.17. The number of sulfonamides is 1. The molecule has 1 aromatic carbocycles. The summed E-state index contributed by atoms with van der Waals surface area (Å²) in [6.45, 7) is 5.48. The third kappa shape index (κ3) is 5.75. The van der Waals surface area contributed by atoms with E-state index in [1.54, 1.807) is 0 Å². The summed E-state index contributed by atoms with van der Waals surface area (Å²) in [7, 11) is -3.23. The van der Waals surface area contributed by atoms with Crippen molar-refractivity contribution in [2.45, 2.75) is 31.2 Å². The molecule has 4 nitrogen and oxygen atoms in total. The van der Waals surface area contributed by atoms with Gasteiger partial charge in [-0.25, -0.2) is 13.1 Å². The smallest absolute Gasteiger partial charge is 0.212 e. The van der Waals surface area contributed by atoms with E-state index in [-0.39, 0.29) is 5.75 Å². The molecule has 0 heterocycles. The normalized spacial score (nSPS) is 12.6. The fourth-order valence-electron chi connectivity index (χ4n) is 1.39. The van der Waals surface area contributed by atoms with Crippen LogP contribution in [0, 0.1) is 0 Å². The Morgan fingerprint density at radius 1 is 1.28 bits per heavy atom. The van der Waals surface area contributed by atoms with Gasteiger partial charge in [-0.1, -0.05) is 12.1 Å². The lowest BCUT2D eigenvalue weighted by Crippen LogP contribution is -2.42. The van der Waals surface area contributed by atoms with E-state index >= 15 is 0 Å². The van der Waals surface area contributed by atoms with E-state index in [1.165, 1.54) is 11.8 Å². The van der Waals surface area contributed by atoms with Gasteiger partial charge in [-0.15, -0.1) is 11.8 Å². The van der Waals surface area contributed by atoms with E-state index in [1.807, 2.05) is 45.0 Å². The number of para-hydroxylation sites is 1. The van der Waals surface area contributed by atoms with Crippen LogP contribution in [0.5, 0.6) is 0 Å². The van der Waals surface area contributed by atoms with Crippen molar-refractivity contribution in [1.82, 2.24) is 4.72 Å². The predicted octanol–water partition coefficient (Wildman–Crippen LogP) is 2.08. The van der Waals surface area contributed by atoms with Gasteiger partial charge in [-0.3, -0.25) is 0 Å². The zero-order valence-corrected chi connectivity index (χ0v) is 12.6. The zero-order valence-electron chi connectivity index (χ0n) is 10.9. The Balaban J connectivity index is 2.50. The van der Waals surface area contributed by atoms with E-state index < -0.39 is 15.6 Å². The van der Waals surface area contributed by atoms with Crippen LogP contribution < -0.4 is 10.5 Å². The molecule has 1 rings (SSSR count). The molecule has 0 spiro atoms. The second-order valence-electron chi connectivity index (χ2n) is 5.06. The fourth-order valence-corrected chi connectivity index (χ4v) is 4.27. The van der Waals surface area contributed by atoms with Gasteiger partial charge in [-0.2, -0.15) is 0 Å². The van der Waals surface area contributed by atoms with Crippen molar-refractivity contribution in [3.05, 3.63) is 24.3 Å². The molecule has 0 saturated carbocycles. The zero-order chi connectivity index (χ0) is 13.8. The Labute approximate surface area is 113 Å². The Morgan fingerprint density at radius 2 is 1.89 bits per heavy atom. The second-order valence-corrected chi connectivity index (χ2v) is 8.04. The van der Waals surface area contributed by atoms with Gasteiger partial charge in [0.25, 0.3) is 0 Å². The number of benzene rings is 1. The van der Waals surface area contributed by atoms with Crippen molar-refractivity contribution >= 4 is 27.5 Å². The monoisotopic (exact) mass is 288 g/mol. The first kappa shape index (κ1) is 15.3. The molecule has 102 valence electrons. The maximum Gasteiger partial charge on any atom is 0.212 e. The van der Waals surface area contributed by atoms with Crippen molar-refractivity contribution < 1.29 is 8.42 Å². The Kier molecular flexibility index (Phi) is 5.07. The lowest BCUT2D eigenvalue weighted by atomic mass is 10.1. The van der Waals surface area contributed by atoms with Gasteiger partial charge < -0.3 is 5.73 Å².